The quantitative estimate of drug-likeness (QED) is 0.144. The molecule has 8 aliphatic carbocycles. The molecule has 0 bridgehead atoms. The molecule has 16 aliphatic rings. The van der Waals surface area contributed by atoms with Gasteiger partial charge in [-0.25, -0.2) is 0 Å². The van der Waals surface area contributed by atoms with Crippen LogP contribution in [0.2, 0.25) is 0 Å². The summed E-state index contributed by atoms with van der Waals surface area (Å²) < 4.78 is 0. The van der Waals surface area contributed by atoms with Gasteiger partial charge in [-0.15, -0.1) is 0 Å². The molecule has 0 aromatic heterocycles. The van der Waals surface area contributed by atoms with Crippen LogP contribution in [0.3, 0.4) is 0 Å². The van der Waals surface area contributed by atoms with Crippen molar-refractivity contribution in [1.82, 2.24) is 0 Å². The lowest BCUT2D eigenvalue weighted by molar-refractivity contribution is -0.119. The monoisotopic (exact) mass is 1580 g/mol. The molecule has 612 valence electrons. The minimum Gasteiger partial charge on any atom is -0.387 e. The predicted octanol–water partition coefficient (Wildman–Crippen LogP) is 23.0. The molecule has 0 N–H and O–H groups in total. The van der Waals surface area contributed by atoms with E-state index in [0.717, 1.165) is 155 Å². The van der Waals surface area contributed by atoms with Gasteiger partial charge in [0.1, 0.15) is 0 Å². The molecule has 0 saturated carbocycles. The highest BCUT2D eigenvalue weighted by molar-refractivity contribution is 5.89. The molecule has 6 spiro atoms. The highest BCUT2D eigenvalue weighted by Crippen LogP contribution is 2.59. The molecular weight excluding hydrogens is 1470 g/mol. The Balaban J connectivity index is 0.0000000967. The van der Waals surface area contributed by atoms with E-state index in [1.54, 1.807) is 0 Å². The summed E-state index contributed by atoms with van der Waals surface area (Å²) in [6.45, 7) is 27.8. The van der Waals surface area contributed by atoms with Crippen LogP contribution in [0, 0.1) is 28.6 Å². The predicted molar refractivity (Wildman–Crippen MR) is 469 cm³/mol. The van der Waals surface area contributed by atoms with Crippen molar-refractivity contribution in [2.45, 2.75) is 264 Å². The fraction of sp³-hybridized carbons (Fsp3) is 0.451. The van der Waals surface area contributed by atoms with Gasteiger partial charge in [-0.05, 0) is 201 Å². The zero-order chi connectivity index (χ0) is 81.8. The third kappa shape index (κ3) is 14.6. The van der Waals surface area contributed by atoms with E-state index >= 15 is 0 Å². The van der Waals surface area contributed by atoms with E-state index in [2.05, 4.69) is 291 Å². The average molecular weight is 1580 g/mol. The van der Waals surface area contributed by atoms with Crippen LogP contribution >= 0.6 is 0 Å². The molecule has 11 atom stereocenters. The second kappa shape index (κ2) is 32.0. The van der Waals surface area contributed by atoms with Gasteiger partial charge in [0, 0.05) is 100 Å². The first-order chi connectivity index (χ1) is 56.9. The fourth-order valence-electron chi connectivity index (χ4n) is 22.0. The Morgan fingerprint density at radius 1 is 0.288 bits per heavy atom. The summed E-state index contributed by atoms with van der Waals surface area (Å²) >= 11 is 0. The van der Waals surface area contributed by atoms with Crippen molar-refractivity contribution in [1.29, 1.82) is 0 Å². The molecule has 0 fully saturated rings. The minimum atomic E-state index is -0.230. The summed E-state index contributed by atoms with van der Waals surface area (Å²) in [6, 6.07) is 68.6. The van der Waals surface area contributed by atoms with Gasteiger partial charge in [-0.2, -0.15) is 0 Å². The highest BCUT2D eigenvalue weighted by atomic mass is 16.7. The number of fused-ring (bicyclic) bond motifs is 18. The van der Waals surface area contributed by atoms with Gasteiger partial charge in [0.05, 0.1) is 45.7 Å². The van der Waals surface area contributed by atoms with Crippen molar-refractivity contribution in [3.63, 3.8) is 0 Å². The number of oxime groups is 8. The van der Waals surface area contributed by atoms with Gasteiger partial charge in [0.15, 0.2) is 45.8 Å². The Kier molecular flexibility index (Phi) is 21.7. The molecule has 118 heavy (non-hydrogen) atoms. The van der Waals surface area contributed by atoms with Crippen molar-refractivity contribution < 1.29 is 38.7 Å². The zero-order valence-corrected chi connectivity index (χ0v) is 71.3. The van der Waals surface area contributed by atoms with Crippen molar-refractivity contribution in [3.8, 4) is 0 Å². The largest absolute Gasteiger partial charge is 0.387 e. The van der Waals surface area contributed by atoms with Crippen LogP contribution in [-0.4, -0.2) is 45.7 Å². The Morgan fingerprint density at radius 3 is 1.16 bits per heavy atom. The lowest BCUT2D eigenvalue weighted by atomic mass is 9.61. The van der Waals surface area contributed by atoms with Crippen LogP contribution in [-0.2, 0) is 124 Å². The van der Waals surface area contributed by atoms with E-state index in [1.165, 1.54) is 108 Å². The second-order valence-electron chi connectivity index (χ2n) is 37.3. The minimum absolute atomic E-state index is 0.110. The number of hydrogen-bond acceptors (Lipinski definition) is 16. The second-order valence-corrected chi connectivity index (χ2v) is 37.3. The van der Waals surface area contributed by atoms with E-state index in [0.29, 0.717) is 17.8 Å². The van der Waals surface area contributed by atoms with Crippen LogP contribution in [0.4, 0.5) is 0 Å². The summed E-state index contributed by atoms with van der Waals surface area (Å²) in [6.07, 6.45) is 21.9. The summed E-state index contributed by atoms with van der Waals surface area (Å²) in [7, 11) is 0. The Labute approximate surface area is 697 Å². The molecule has 8 aromatic rings. The van der Waals surface area contributed by atoms with Crippen LogP contribution in [0.25, 0.3) is 0 Å². The summed E-state index contributed by atoms with van der Waals surface area (Å²) in [5.74, 6) is 1.54. The van der Waals surface area contributed by atoms with Gasteiger partial charge < -0.3 is 38.7 Å². The third-order valence-corrected chi connectivity index (χ3v) is 28.4. The molecule has 16 heteroatoms. The van der Waals surface area contributed by atoms with Gasteiger partial charge in [0.2, 0.25) is 0 Å². The molecule has 0 radical (unpaired) electrons. The van der Waals surface area contributed by atoms with Crippen LogP contribution in [0.15, 0.2) is 235 Å². The number of nitrogens with zero attached hydrogens (tertiary/aromatic N) is 8. The van der Waals surface area contributed by atoms with Crippen LogP contribution in [0.5, 0.6) is 0 Å². The maximum absolute atomic E-state index is 5.92. The standard InChI is InChI=1S/C15H19NO.C14H17NO.2C13H15NO.3C12H13NO.C11H11NO/c1-11-10-15(17-16-11)13-7-5-4-6-12(13)8-9-14(15,2)3;1-10-8-14(16-15-10)12-7-5-4-6-11(12)9-13(14,2)3;1-9-7-11-5-3-4-6-12(11)13(9)8-10(2)14-15-13;1-10-9-13(15-14-10)8-4-6-11-5-2-3-7-12(11)13;2*1-9-8-12(14-13-9)7-6-10-4-2-3-5-11(10)12;1-8-10-7-6-9-4-2-3-5-11(9)12(10)14-13-8;1-7-10-6-8-4-2-3-5-9(8)11(10)13-12-7/h4-7H,8-10H2,1-3H3;4-7H,8-9H2,1-3H3;3-6,9H,7-8H2,1-2H3;2-3,5,7H,4,6,8-9H2,1H3;2*2-5H,6-8H2,1H3;2-5,10,12H,6-7H2,1H3;2-5,10-11H,6H2,1H3/t15-;14-;9?,13-;13-;2*12-;;/m110111../s1. The van der Waals surface area contributed by atoms with E-state index in [4.69, 9.17) is 38.7 Å². The van der Waals surface area contributed by atoms with E-state index in [1.807, 2.05) is 34.6 Å². The van der Waals surface area contributed by atoms with E-state index in [-0.39, 0.29) is 56.6 Å². The van der Waals surface area contributed by atoms with E-state index in [9.17, 15) is 0 Å². The van der Waals surface area contributed by atoms with Crippen molar-refractivity contribution in [3.05, 3.63) is 283 Å². The van der Waals surface area contributed by atoms with Gasteiger partial charge in [-0.1, -0.05) is 270 Å². The molecule has 24 rings (SSSR count). The number of aryl methyl sites for hydroxylation is 5. The summed E-state index contributed by atoms with van der Waals surface area (Å²) in [5.41, 5.74) is 30.4. The van der Waals surface area contributed by atoms with Gasteiger partial charge >= 0.3 is 0 Å². The Hall–Kier alpha value is -10.5. The molecule has 16 nitrogen and oxygen atoms in total. The smallest absolute Gasteiger partial charge is 0.173 e. The molecule has 0 saturated heterocycles. The first-order valence-electron chi connectivity index (χ1n) is 43.3. The number of hydrogen-bond donors (Lipinski definition) is 0. The van der Waals surface area contributed by atoms with Crippen molar-refractivity contribution in [2.24, 2.45) is 69.8 Å². The normalized spacial score (nSPS) is 29.6. The number of benzene rings is 8. The lowest BCUT2D eigenvalue weighted by Gasteiger charge is -2.46. The molecular formula is C102H116N8O8. The summed E-state index contributed by atoms with van der Waals surface area (Å²) in [4.78, 5) is 45.4. The highest BCUT2D eigenvalue weighted by Gasteiger charge is 2.59. The van der Waals surface area contributed by atoms with Gasteiger partial charge in [0.25, 0.3) is 0 Å². The lowest BCUT2D eigenvalue weighted by Crippen LogP contribution is -2.46. The van der Waals surface area contributed by atoms with Crippen molar-refractivity contribution >= 4 is 45.7 Å². The topological polar surface area (TPSA) is 173 Å². The third-order valence-electron chi connectivity index (χ3n) is 28.4. The van der Waals surface area contributed by atoms with Crippen LogP contribution in [0.1, 0.15) is 268 Å². The maximum Gasteiger partial charge on any atom is 0.173 e. The Morgan fingerprint density at radius 2 is 0.661 bits per heavy atom. The molecule has 5 unspecified atom stereocenters. The number of rotatable bonds is 0. The SMILES string of the molecule is CC1=NOC2c3ccccc3CC12.CC1=NOC2c3ccccc3CCC12.CC1=NO[C@]2(C1)c1ccccc1CC2(C)C.CC1=NO[C@]2(C1)c1ccccc1CC2C.CC1=NO[C@]2(C1)c1ccccc1CCC2(C)C.CC1=NO[C@]2(CCCc3ccccc32)C1.CC1=NO[C@]2(CCc3ccccc32)C1.CC1=NO[C@]2(CCc3ccccc32)C1. The van der Waals surface area contributed by atoms with Crippen LogP contribution < -0.4 is 0 Å². The molecule has 0 amide bonds. The van der Waals surface area contributed by atoms with Crippen molar-refractivity contribution in [2.75, 3.05) is 0 Å². The average Bonchev–Trinajstić information content (AvgIpc) is 1.54. The molecule has 8 heterocycles. The Bertz CT molecular complexity index is 5310. The fourth-order valence-corrected chi connectivity index (χ4v) is 22.0. The van der Waals surface area contributed by atoms with Gasteiger partial charge in [-0.3, -0.25) is 0 Å². The first kappa shape index (κ1) is 80.0. The van der Waals surface area contributed by atoms with E-state index < -0.39 is 0 Å². The molecule has 8 aromatic carbocycles. The molecule has 8 aliphatic heterocycles. The first-order valence-corrected chi connectivity index (χ1v) is 43.3. The maximum atomic E-state index is 5.92. The zero-order valence-electron chi connectivity index (χ0n) is 71.3. The summed E-state index contributed by atoms with van der Waals surface area (Å²) in [5, 5.41) is 33.0.